The number of hydrogen-bond donors (Lipinski definition) is 1. The summed E-state index contributed by atoms with van der Waals surface area (Å²) in [5.41, 5.74) is 5.42. The van der Waals surface area contributed by atoms with Crippen molar-refractivity contribution in [1.29, 1.82) is 0 Å². The minimum absolute atomic E-state index is 0.359. The van der Waals surface area contributed by atoms with Crippen LogP contribution in [0.3, 0.4) is 0 Å². The molecule has 0 spiro atoms. The van der Waals surface area contributed by atoms with E-state index in [2.05, 4.69) is 4.90 Å². The highest BCUT2D eigenvalue weighted by atomic mass is 16.2. The quantitative estimate of drug-likeness (QED) is 0.712. The summed E-state index contributed by atoms with van der Waals surface area (Å²) in [7, 11) is 0. The molecule has 0 aromatic rings. The molecular formula is C12H22N2O. The first-order chi connectivity index (χ1) is 7.31. The van der Waals surface area contributed by atoms with E-state index in [9.17, 15) is 4.79 Å². The van der Waals surface area contributed by atoms with E-state index in [0.29, 0.717) is 18.9 Å². The van der Waals surface area contributed by atoms with Gasteiger partial charge in [-0.15, -0.1) is 0 Å². The van der Waals surface area contributed by atoms with E-state index in [1.807, 2.05) is 0 Å². The summed E-state index contributed by atoms with van der Waals surface area (Å²) < 4.78 is 0. The number of amides is 1. The first-order valence-corrected chi connectivity index (χ1v) is 6.29. The monoisotopic (exact) mass is 210 g/mol. The molecule has 1 amide bonds. The van der Waals surface area contributed by atoms with Crippen molar-refractivity contribution in [2.45, 2.75) is 38.5 Å². The van der Waals surface area contributed by atoms with Crippen molar-refractivity contribution in [3.8, 4) is 0 Å². The van der Waals surface area contributed by atoms with Crippen molar-refractivity contribution in [3.05, 3.63) is 0 Å². The fourth-order valence-corrected chi connectivity index (χ4v) is 3.02. The smallest absolute Gasteiger partial charge is 0.222 e. The molecule has 0 aromatic heterocycles. The predicted molar refractivity (Wildman–Crippen MR) is 60.3 cm³/mol. The molecule has 15 heavy (non-hydrogen) atoms. The number of nitrogens with zero attached hydrogens (tertiary/aromatic N) is 1. The second-order valence-electron chi connectivity index (χ2n) is 5.00. The Morgan fingerprint density at radius 1 is 1.20 bits per heavy atom. The van der Waals surface area contributed by atoms with Crippen LogP contribution in [-0.4, -0.2) is 30.4 Å². The fraction of sp³-hybridized carbons (Fsp3) is 0.917. The molecule has 2 aliphatic rings. The van der Waals surface area contributed by atoms with Gasteiger partial charge in [0.2, 0.25) is 5.91 Å². The van der Waals surface area contributed by atoms with Gasteiger partial charge in [-0.2, -0.15) is 0 Å². The average molecular weight is 210 g/mol. The molecule has 3 nitrogen and oxygen atoms in total. The lowest BCUT2D eigenvalue weighted by molar-refractivity contribution is -0.130. The first-order valence-electron chi connectivity index (χ1n) is 6.29. The Morgan fingerprint density at radius 3 is 2.47 bits per heavy atom. The van der Waals surface area contributed by atoms with Crippen molar-refractivity contribution < 1.29 is 4.79 Å². The zero-order valence-electron chi connectivity index (χ0n) is 9.45. The van der Waals surface area contributed by atoms with Crippen molar-refractivity contribution in [3.63, 3.8) is 0 Å². The maximum atomic E-state index is 11.8. The molecule has 2 unspecified atom stereocenters. The van der Waals surface area contributed by atoms with Crippen LogP contribution in [0.5, 0.6) is 0 Å². The lowest BCUT2D eigenvalue weighted by Gasteiger charge is -2.17. The largest absolute Gasteiger partial charge is 0.342 e. The zero-order valence-corrected chi connectivity index (χ0v) is 9.45. The third-order valence-electron chi connectivity index (χ3n) is 3.92. The van der Waals surface area contributed by atoms with Gasteiger partial charge in [0.05, 0.1) is 0 Å². The Bertz CT molecular complexity index is 218. The fourth-order valence-electron chi connectivity index (χ4n) is 3.02. The maximum Gasteiger partial charge on any atom is 0.222 e. The van der Waals surface area contributed by atoms with Crippen LogP contribution in [0.4, 0.5) is 0 Å². The van der Waals surface area contributed by atoms with E-state index >= 15 is 0 Å². The standard InChI is InChI=1S/C12H22N2O/c13-7-2-1-6-12(15)14-8-10-4-3-5-11(10)9-14/h10-11H,1-9,13H2. The molecule has 86 valence electrons. The van der Waals surface area contributed by atoms with Crippen LogP contribution in [0, 0.1) is 11.8 Å². The molecule has 0 aromatic carbocycles. The van der Waals surface area contributed by atoms with E-state index in [-0.39, 0.29) is 0 Å². The van der Waals surface area contributed by atoms with Crippen molar-refractivity contribution >= 4 is 5.91 Å². The molecular weight excluding hydrogens is 188 g/mol. The molecule has 1 saturated carbocycles. The van der Waals surface area contributed by atoms with Gasteiger partial charge >= 0.3 is 0 Å². The van der Waals surface area contributed by atoms with Crippen LogP contribution in [0.15, 0.2) is 0 Å². The van der Waals surface area contributed by atoms with Crippen LogP contribution in [0.25, 0.3) is 0 Å². The second kappa shape index (κ2) is 4.97. The van der Waals surface area contributed by atoms with Crippen molar-refractivity contribution in [2.24, 2.45) is 17.6 Å². The zero-order chi connectivity index (χ0) is 10.7. The molecule has 3 heteroatoms. The summed E-state index contributed by atoms with van der Waals surface area (Å²) in [6, 6.07) is 0. The number of likely N-dealkylation sites (tertiary alicyclic amines) is 1. The molecule has 2 atom stereocenters. The number of fused-ring (bicyclic) bond motifs is 1. The molecule has 1 aliphatic carbocycles. The first kappa shape index (κ1) is 10.9. The van der Waals surface area contributed by atoms with Crippen molar-refractivity contribution in [2.75, 3.05) is 19.6 Å². The van der Waals surface area contributed by atoms with E-state index in [1.165, 1.54) is 19.3 Å². The molecule has 0 radical (unpaired) electrons. The summed E-state index contributed by atoms with van der Waals surface area (Å²) in [5.74, 6) is 2.00. The number of rotatable bonds is 4. The SMILES string of the molecule is NCCCCC(=O)N1CC2CCCC2C1. The Hall–Kier alpha value is -0.570. The summed E-state index contributed by atoms with van der Waals surface area (Å²) in [6.45, 7) is 2.77. The molecule has 2 N–H and O–H groups in total. The third-order valence-corrected chi connectivity index (χ3v) is 3.92. The van der Waals surface area contributed by atoms with Gasteiger partial charge in [0, 0.05) is 19.5 Å². The number of unbranched alkanes of at least 4 members (excludes halogenated alkanes) is 1. The van der Waals surface area contributed by atoms with Gasteiger partial charge in [-0.05, 0) is 44.1 Å². The van der Waals surface area contributed by atoms with E-state index < -0.39 is 0 Å². The van der Waals surface area contributed by atoms with Gasteiger partial charge in [-0.1, -0.05) is 6.42 Å². The Balaban J connectivity index is 1.73. The normalized spacial score (nSPS) is 29.5. The molecule has 1 aliphatic heterocycles. The van der Waals surface area contributed by atoms with Gasteiger partial charge in [-0.3, -0.25) is 4.79 Å². The lowest BCUT2D eigenvalue weighted by atomic mass is 10.0. The van der Waals surface area contributed by atoms with E-state index in [4.69, 9.17) is 5.73 Å². The minimum Gasteiger partial charge on any atom is -0.342 e. The summed E-state index contributed by atoms with van der Waals surface area (Å²) in [6.07, 6.45) is 6.71. The van der Waals surface area contributed by atoms with Crippen LogP contribution in [-0.2, 0) is 4.79 Å². The molecule has 0 bridgehead atoms. The lowest BCUT2D eigenvalue weighted by Crippen LogP contribution is -2.29. The summed E-state index contributed by atoms with van der Waals surface area (Å²) in [4.78, 5) is 13.9. The molecule has 1 heterocycles. The highest BCUT2D eigenvalue weighted by Gasteiger charge is 2.37. The third kappa shape index (κ3) is 2.51. The summed E-state index contributed by atoms with van der Waals surface area (Å²) in [5, 5.41) is 0. The Morgan fingerprint density at radius 2 is 1.87 bits per heavy atom. The van der Waals surface area contributed by atoms with Crippen LogP contribution >= 0.6 is 0 Å². The van der Waals surface area contributed by atoms with Gasteiger partial charge in [0.15, 0.2) is 0 Å². The Kier molecular flexibility index (Phi) is 3.62. The number of nitrogens with two attached hydrogens (primary N) is 1. The predicted octanol–water partition coefficient (Wildman–Crippen LogP) is 1.37. The van der Waals surface area contributed by atoms with E-state index in [1.54, 1.807) is 0 Å². The number of hydrogen-bond acceptors (Lipinski definition) is 2. The second-order valence-corrected chi connectivity index (χ2v) is 5.00. The van der Waals surface area contributed by atoms with Gasteiger partial charge < -0.3 is 10.6 Å². The molecule has 1 saturated heterocycles. The highest BCUT2D eigenvalue weighted by Crippen LogP contribution is 2.37. The van der Waals surface area contributed by atoms with Crippen LogP contribution < -0.4 is 5.73 Å². The average Bonchev–Trinajstić information content (AvgIpc) is 2.76. The molecule has 2 fully saturated rings. The maximum absolute atomic E-state index is 11.8. The minimum atomic E-state index is 0.359. The Labute approximate surface area is 92.0 Å². The highest BCUT2D eigenvalue weighted by molar-refractivity contribution is 5.76. The topological polar surface area (TPSA) is 46.3 Å². The van der Waals surface area contributed by atoms with Crippen LogP contribution in [0.1, 0.15) is 38.5 Å². The summed E-state index contributed by atoms with van der Waals surface area (Å²) >= 11 is 0. The van der Waals surface area contributed by atoms with Gasteiger partial charge in [0.1, 0.15) is 0 Å². The van der Waals surface area contributed by atoms with E-state index in [0.717, 1.165) is 37.8 Å². The van der Waals surface area contributed by atoms with Crippen molar-refractivity contribution in [1.82, 2.24) is 4.90 Å². The molecule has 2 rings (SSSR count). The van der Waals surface area contributed by atoms with Crippen LogP contribution in [0.2, 0.25) is 0 Å². The number of carbonyl (C=O) groups is 1. The van der Waals surface area contributed by atoms with Gasteiger partial charge in [-0.25, -0.2) is 0 Å². The number of carbonyl (C=O) groups excluding carboxylic acids is 1. The van der Waals surface area contributed by atoms with Gasteiger partial charge in [0.25, 0.3) is 0 Å².